The normalized spacial score (nSPS) is 26.2. The third kappa shape index (κ3) is 4.81. The molecule has 1 N–H and O–H groups in total. The lowest BCUT2D eigenvalue weighted by molar-refractivity contribution is 0.224. The SMILES string of the molecule is CCC1CCC(CNCC(C)C)C(c2ccc(C)nc2)C1. The number of nitrogens with zero attached hydrogens (tertiary/aromatic N) is 1. The highest BCUT2D eigenvalue weighted by Crippen LogP contribution is 2.41. The number of pyridine rings is 1. The second kappa shape index (κ2) is 7.93. The molecule has 0 aromatic carbocycles. The van der Waals surface area contributed by atoms with Crippen LogP contribution >= 0.6 is 0 Å². The van der Waals surface area contributed by atoms with Gasteiger partial charge in [-0.05, 0) is 68.2 Å². The molecule has 1 aromatic rings. The van der Waals surface area contributed by atoms with Gasteiger partial charge in [-0.15, -0.1) is 0 Å². The maximum atomic E-state index is 4.53. The molecule has 1 aromatic heterocycles. The molecule has 0 spiro atoms. The Kier molecular flexibility index (Phi) is 6.22. The van der Waals surface area contributed by atoms with Gasteiger partial charge in [0.1, 0.15) is 0 Å². The summed E-state index contributed by atoms with van der Waals surface area (Å²) in [7, 11) is 0. The second-order valence-electron chi connectivity index (χ2n) is 7.24. The van der Waals surface area contributed by atoms with Crippen LogP contribution in [0.3, 0.4) is 0 Å². The molecule has 1 fully saturated rings. The van der Waals surface area contributed by atoms with Crippen molar-refractivity contribution in [3.05, 3.63) is 29.6 Å². The van der Waals surface area contributed by atoms with Crippen molar-refractivity contribution in [2.24, 2.45) is 17.8 Å². The largest absolute Gasteiger partial charge is 0.316 e. The van der Waals surface area contributed by atoms with E-state index < -0.39 is 0 Å². The van der Waals surface area contributed by atoms with Gasteiger partial charge in [0.25, 0.3) is 0 Å². The van der Waals surface area contributed by atoms with Crippen molar-refractivity contribution < 1.29 is 0 Å². The summed E-state index contributed by atoms with van der Waals surface area (Å²) in [6.45, 7) is 11.3. The lowest BCUT2D eigenvalue weighted by Gasteiger charge is -2.36. The van der Waals surface area contributed by atoms with Crippen LogP contribution in [0.5, 0.6) is 0 Å². The predicted octanol–water partition coefficient (Wildman–Crippen LogP) is 4.55. The fourth-order valence-electron chi connectivity index (χ4n) is 3.60. The van der Waals surface area contributed by atoms with Crippen LogP contribution in [0, 0.1) is 24.7 Å². The number of aromatic nitrogens is 1. The third-order valence-electron chi connectivity index (χ3n) is 5.00. The van der Waals surface area contributed by atoms with Crippen molar-refractivity contribution in [3.8, 4) is 0 Å². The first-order valence-corrected chi connectivity index (χ1v) is 8.73. The van der Waals surface area contributed by atoms with Crippen molar-refractivity contribution in [2.75, 3.05) is 13.1 Å². The minimum absolute atomic E-state index is 0.691. The van der Waals surface area contributed by atoms with Crippen molar-refractivity contribution in [1.82, 2.24) is 10.3 Å². The van der Waals surface area contributed by atoms with Crippen molar-refractivity contribution in [2.45, 2.75) is 59.3 Å². The molecule has 1 saturated carbocycles. The zero-order valence-corrected chi connectivity index (χ0v) is 14.2. The molecule has 21 heavy (non-hydrogen) atoms. The maximum absolute atomic E-state index is 4.53. The fourth-order valence-corrected chi connectivity index (χ4v) is 3.60. The topological polar surface area (TPSA) is 24.9 Å². The van der Waals surface area contributed by atoms with Crippen molar-refractivity contribution in [1.29, 1.82) is 0 Å². The minimum atomic E-state index is 0.691. The zero-order valence-electron chi connectivity index (χ0n) is 14.2. The lowest BCUT2D eigenvalue weighted by atomic mass is 9.70. The van der Waals surface area contributed by atoms with Gasteiger partial charge in [0, 0.05) is 11.9 Å². The van der Waals surface area contributed by atoms with E-state index in [-0.39, 0.29) is 0 Å². The van der Waals surface area contributed by atoms with E-state index in [1.165, 1.54) is 31.2 Å². The molecule has 3 atom stereocenters. The van der Waals surface area contributed by atoms with E-state index >= 15 is 0 Å². The lowest BCUT2D eigenvalue weighted by Crippen LogP contribution is -2.33. The van der Waals surface area contributed by atoms with Crippen LogP contribution in [0.25, 0.3) is 0 Å². The van der Waals surface area contributed by atoms with E-state index in [0.717, 1.165) is 36.5 Å². The molecule has 118 valence electrons. The van der Waals surface area contributed by atoms with Gasteiger partial charge in [0.2, 0.25) is 0 Å². The van der Waals surface area contributed by atoms with Crippen molar-refractivity contribution >= 4 is 0 Å². The summed E-state index contributed by atoms with van der Waals surface area (Å²) in [5.74, 6) is 3.10. The molecule has 2 nitrogen and oxygen atoms in total. The molecule has 1 aliphatic rings. The van der Waals surface area contributed by atoms with Crippen LogP contribution in [-0.2, 0) is 0 Å². The zero-order chi connectivity index (χ0) is 15.2. The van der Waals surface area contributed by atoms with E-state index in [1.807, 2.05) is 0 Å². The first kappa shape index (κ1) is 16.5. The van der Waals surface area contributed by atoms with E-state index in [4.69, 9.17) is 0 Å². The Morgan fingerprint density at radius 3 is 2.71 bits per heavy atom. The molecule has 0 radical (unpaired) electrons. The molecule has 0 aliphatic heterocycles. The van der Waals surface area contributed by atoms with E-state index in [2.05, 4.69) is 56.3 Å². The molecule has 1 heterocycles. The molecule has 3 unspecified atom stereocenters. The first-order chi connectivity index (χ1) is 10.1. The van der Waals surface area contributed by atoms with Crippen LogP contribution in [0.2, 0.25) is 0 Å². The van der Waals surface area contributed by atoms with Crippen LogP contribution in [-0.4, -0.2) is 18.1 Å². The average Bonchev–Trinajstić information content (AvgIpc) is 2.48. The van der Waals surface area contributed by atoms with Crippen LogP contribution in [0.15, 0.2) is 18.3 Å². The standard InChI is InChI=1S/C19H32N2/c1-5-16-7-9-17(12-20-11-14(2)3)19(10-16)18-8-6-15(4)21-13-18/h6,8,13-14,16-17,19-20H,5,7,9-12H2,1-4H3. The summed E-state index contributed by atoms with van der Waals surface area (Å²) in [5.41, 5.74) is 2.58. The number of hydrogen-bond acceptors (Lipinski definition) is 2. The van der Waals surface area contributed by atoms with Crippen LogP contribution < -0.4 is 5.32 Å². The molecule has 2 heteroatoms. The van der Waals surface area contributed by atoms with Gasteiger partial charge in [-0.25, -0.2) is 0 Å². The minimum Gasteiger partial charge on any atom is -0.316 e. The number of nitrogens with one attached hydrogen (secondary N) is 1. The number of hydrogen-bond donors (Lipinski definition) is 1. The third-order valence-corrected chi connectivity index (χ3v) is 5.00. The highest BCUT2D eigenvalue weighted by Gasteiger charge is 2.30. The van der Waals surface area contributed by atoms with Gasteiger partial charge in [-0.3, -0.25) is 4.98 Å². The molecule has 1 aliphatic carbocycles. The van der Waals surface area contributed by atoms with E-state index in [1.54, 1.807) is 0 Å². The monoisotopic (exact) mass is 288 g/mol. The molecule has 0 saturated heterocycles. The summed E-state index contributed by atoms with van der Waals surface area (Å²) in [4.78, 5) is 4.53. The number of aryl methyl sites for hydroxylation is 1. The average molecular weight is 288 g/mol. The summed E-state index contributed by atoms with van der Waals surface area (Å²) < 4.78 is 0. The Bertz CT molecular complexity index is 410. The summed E-state index contributed by atoms with van der Waals surface area (Å²) in [6, 6.07) is 4.48. The highest BCUT2D eigenvalue weighted by molar-refractivity contribution is 5.19. The van der Waals surface area contributed by atoms with E-state index in [9.17, 15) is 0 Å². The maximum Gasteiger partial charge on any atom is 0.0372 e. The molecule has 2 rings (SSSR count). The molecular weight excluding hydrogens is 256 g/mol. The Labute approximate surface area is 130 Å². The summed E-state index contributed by atoms with van der Waals surface area (Å²) in [6.07, 6.45) is 7.55. The first-order valence-electron chi connectivity index (χ1n) is 8.73. The van der Waals surface area contributed by atoms with Crippen molar-refractivity contribution in [3.63, 3.8) is 0 Å². The highest BCUT2D eigenvalue weighted by atomic mass is 14.9. The Morgan fingerprint density at radius 2 is 2.10 bits per heavy atom. The molecule has 0 bridgehead atoms. The van der Waals surface area contributed by atoms with Gasteiger partial charge < -0.3 is 5.32 Å². The number of rotatable bonds is 6. The predicted molar refractivity (Wildman–Crippen MR) is 90.5 cm³/mol. The van der Waals surface area contributed by atoms with Gasteiger partial charge >= 0.3 is 0 Å². The Morgan fingerprint density at radius 1 is 1.29 bits per heavy atom. The van der Waals surface area contributed by atoms with Gasteiger partial charge in [-0.1, -0.05) is 39.7 Å². The van der Waals surface area contributed by atoms with Gasteiger partial charge in [0.05, 0.1) is 0 Å². The summed E-state index contributed by atoms with van der Waals surface area (Å²) >= 11 is 0. The van der Waals surface area contributed by atoms with Gasteiger partial charge in [0.15, 0.2) is 0 Å². The Hall–Kier alpha value is -0.890. The smallest absolute Gasteiger partial charge is 0.0372 e. The molecule has 0 amide bonds. The van der Waals surface area contributed by atoms with Gasteiger partial charge in [-0.2, -0.15) is 0 Å². The van der Waals surface area contributed by atoms with Crippen LogP contribution in [0.1, 0.15) is 63.6 Å². The summed E-state index contributed by atoms with van der Waals surface area (Å²) in [5, 5.41) is 3.68. The van der Waals surface area contributed by atoms with E-state index in [0.29, 0.717) is 5.92 Å². The molecular formula is C19H32N2. The second-order valence-corrected chi connectivity index (χ2v) is 7.24. The van der Waals surface area contributed by atoms with Crippen LogP contribution in [0.4, 0.5) is 0 Å². The Balaban J connectivity index is 2.04. The quantitative estimate of drug-likeness (QED) is 0.831. The fraction of sp³-hybridized carbons (Fsp3) is 0.737.